The molecule has 4 fully saturated rings. The van der Waals surface area contributed by atoms with Crippen molar-refractivity contribution in [2.45, 2.75) is 113 Å². The average Bonchev–Trinajstić information content (AvgIpc) is 3.22. The Morgan fingerprint density at radius 1 is 0.946 bits per heavy atom. The quantitative estimate of drug-likeness (QED) is 0.397. The lowest BCUT2D eigenvalue weighted by Gasteiger charge is -2.72. The smallest absolute Gasteiger partial charge is 0.184 e. The zero-order valence-electron chi connectivity index (χ0n) is 24.9. The van der Waals surface area contributed by atoms with Crippen LogP contribution >= 0.6 is 0 Å². The van der Waals surface area contributed by atoms with Crippen LogP contribution in [0.4, 0.5) is 0 Å². The molecular formula is C33H54O4. The van der Waals surface area contributed by atoms with Crippen molar-refractivity contribution in [1.82, 2.24) is 0 Å². The molecule has 5 aliphatic carbocycles. The third kappa shape index (κ3) is 3.53. The third-order valence-corrected chi connectivity index (χ3v) is 13.8. The topological polar surface area (TPSA) is 66.8 Å². The molecule has 0 saturated heterocycles. The Balaban J connectivity index is 1.59. The van der Waals surface area contributed by atoms with E-state index >= 15 is 0 Å². The fourth-order valence-corrected chi connectivity index (χ4v) is 11.8. The van der Waals surface area contributed by atoms with Crippen molar-refractivity contribution in [2.75, 3.05) is 13.2 Å². The van der Waals surface area contributed by atoms with E-state index in [1.807, 2.05) is 6.92 Å². The number of allylic oxidation sites excluding steroid dienone is 1. The van der Waals surface area contributed by atoms with Crippen LogP contribution in [-0.4, -0.2) is 35.5 Å². The first-order valence-electron chi connectivity index (χ1n) is 15.4. The first-order valence-corrected chi connectivity index (χ1v) is 15.4. The zero-order valence-corrected chi connectivity index (χ0v) is 24.9. The predicted molar refractivity (Wildman–Crippen MR) is 148 cm³/mol. The van der Waals surface area contributed by atoms with Gasteiger partial charge in [-0.15, -0.1) is 0 Å². The highest BCUT2D eigenvalue weighted by Crippen LogP contribution is 2.77. The second kappa shape index (κ2) is 8.90. The molecule has 0 heterocycles. The molecule has 4 heteroatoms. The highest BCUT2D eigenvalue weighted by molar-refractivity contribution is 6.01. The molecular weight excluding hydrogens is 460 g/mol. The Labute approximate surface area is 226 Å². The van der Waals surface area contributed by atoms with E-state index in [1.54, 1.807) is 0 Å². The SMILES string of the molecule is CCOC(O)C1=CC2(C)C(CCC3(C)C2CCC2C4C(C(C)C)CCC4(CO)CCC23C)C(C)(C)C1=O. The van der Waals surface area contributed by atoms with Crippen molar-refractivity contribution in [2.24, 2.45) is 62.6 Å². The van der Waals surface area contributed by atoms with Crippen LogP contribution in [0.1, 0.15) is 107 Å². The van der Waals surface area contributed by atoms with Gasteiger partial charge in [-0.3, -0.25) is 4.79 Å². The molecule has 4 saturated carbocycles. The van der Waals surface area contributed by atoms with Gasteiger partial charge in [0.1, 0.15) is 0 Å². The molecule has 0 aliphatic heterocycles. The molecule has 0 bridgehead atoms. The number of aliphatic hydroxyl groups is 2. The number of carbonyl (C=O) groups is 1. The number of ether oxygens (including phenoxy) is 1. The van der Waals surface area contributed by atoms with Crippen molar-refractivity contribution >= 4 is 5.78 Å². The highest BCUT2D eigenvalue weighted by atomic mass is 16.6. The summed E-state index contributed by atoms with van der Waals surface area (Å²) in [5.74, 6) is 3.46. The van der Waals surface area contributed by atoms with Gasteiger partial charge in [0.25, 0.3) is 0 Å². The van der Waals surface area contributed by atoms with Gasteiger partial charge in [0.2, 0.25) is 0 Å². The Morgan fingerprint density at radius 3 is 2.27 bits per heavy atom. The second-order valence-corrected chi connectivity index (χ2v) is 15.5. The van der Waals surface area contributed by atoms with E-state index < -0.39 is 11.7 Å². The molecule has 0 aromatic heterocycles. The van der Waals surface area contributed by atoms with Gasteiger partial charge < -0.3 is 14.9 Å². The minimum absolute atomic E-state index is 0.0653. The molecule has 0 radical (unpaired) electrons. The molecule has 0 aromatic rings. The fraction of sp³-hybridized carbons (Fsp3) is 0.909. The van der Waals surface area contributed by atoms with Crippen molar-refractivity contribution in [3.05, 3.63) is 11.6 Å². The van der Waals surface area contributed by atoms with Gasteiger partial charge in [-0.2, -0.15) is 0 Å². The Kier molecular flexibility index (Phi) is 6.70. The summed E-state index contributed by atoms with van der Waals surface area (Å²) in [5.41, 5.74) is 0.343. The molecule has 0 aromatic carbocycles. The molecule has 5 rings (SSSR count). The van der Waals surface area contributed by atoms with Gasteiger partial charge in [-0.25, -0.2) is 0 Å². The summed E-state index contributed by atoms with van der Waals surface area (Å²) in [5, 5.41) is 21.6. The summed E-state index contributed by atoms with van der Waals surface area (Å²) in [6, 6.07) is 0. The van der Waals surface area contributed by atoms with Gasteiger partial charge in [-0.05, 0) is 115 Å². The fourth-order valence-electron chi connectivity index (χ4n) is 11.8. The molecule has 37 heavy (non-hydrogen) atoms. The first-order chi connectivity index (χ1) is 17.2. The van der Waals surface area contributed by atoms with E-state index in [4.69, 9.17) is 4.74 Å². The summed E-state index contributed by atoms with van der Waals surface area (Å²) in [6.45, 7) is 19.3. The van der Waals surface area contributed by atoms with Gasteiger partial charge in [0.15, 0.2) is 12.1 Å². The van der Waals surface area contributed by atoms with Gasteiger partial charge in [0.05, 0.1) is 0 Å². The van der Waals surface area contributed by atoms with Crippen LogP contribution in [0.25, 0.3) is 0 Å². The molecule has 0 amide bonds. The minimum atomic E-state index is -1.14. The third-order valence-electron chi connectivity index (χ3n) is 13.8. The van der Waals surface area contributed by atoms with Crippen LogP contribution in [0.5, 0.6) is 0 Å². The number of Topliss-reactive ketones (excluding diaryl/α,β-unsaturated/α-hetero) is 1. The van der Waals surface area contributed by atoms with E-state index in [0.717, 1.165) is 12.8 Å². The number of hydrogen-bond donors (Lipinski definition) is 2. The first kappa shape index (κ1) is 27.8. The number of carbonyl (C=O) groups excluding carboxylic acids is 1. The summed E-state index contributed by atoms with van der Waals surface area (Å²) < 4.78 is 5.58. The maximum Gasteiger partial charge on any atom is 0.184 e. The predicted octanol–water partition coefficient (Wildman–Crippen LogP) is 6.79. The van der Waals surface area contributed by atoms with Crippen molar-refractivity contribution in [1.29, 1.82) is 0 Å². The molecule has 5 aliphatic rings. The van der Waals surface area contributed by atoms with Gasteiger partial charge >= 0.3 is 0 Å². The van der Waals surface area contributed by atoms with Crippen molar-refractivity contribution in [3.63, 3.8) is 0 Å². The highest BCUT2D eigenvalue weighted by Gasteiger charge is 2.70. The number of fused-ring (bicyclic) bond motifs is 7. The van der Waals surface area contributed by atoms with Crippen molar-refractivity contribution < 1.29 is 19.7 Å². The lowest BCUT2D eigenvalue weighted by molar-refractivity contribution is -0.225. The standard InChI is InChI=1S/C33H54O4/c1-9-37-28(36)22-18-30(6)24(29(4,5)27(22)35)13-14-32(8)25(30)11-10-23-26-21(20(2)3)12-15-33(26,19-34)17-16-31(23,32)7/h18,20-21,23-26,28,34,36H,9-17,19H2,1-8H3. The van der Waals surface area contributed by atoms with Crippen LogP contribution in [0.3, 0.4) is 0 Å². The van der Waals surface area contributed by atoms with Crippen LogP contribution in [0.15, 0.2) is 11.6 Å². The van der Waals surface area contributed by atoms with Crippen LogP contribution in [0, 0.1) is 62.6 Å². The summed E-state index contributed by atoms with van der Waals surface area (Å²) >= 11 is 0. The van der Waals surface area contributed by atoms with E-state index in [2.05, 4.69) is 54.5 Å². The Morgan fingerprint density at radius 2 is 1.65 bits per heavy atom. The maximum atomic E-state index is 13.7. The second-order valence-electron chi connectivity index (χ2n) is 15.5. The zero-order chi connectivity index (χ0) is 27.2. The molecule has 4 nitrogen and oxygen atoms in total. The summed E-state index contributed by atoms with van der Waals surface area (Å²) in [7, 11) is 0. The average molecular weight is 515 g/mol. The van der Waals surface area contributed by atoms with Crippen LogP contribution in [-0.2, 0) is 9.53 Å². The van der Waals surface area contributed by atoms with Crippen LogP contribution in [0.2, 0.25) is 0 Å². The molecule has 2 N–H and O–H groups in total. The van der Waals surface area contributed by atoms with Gasteiger partial charge in [-0.1, -0.05) is 54.5 Å². The largest absolute Gasteiger partial charge is 0.396 e. The Hall–Kier alpha value is -0.710. The summed E-state index contributed by atoms with van der Waals surface area (Å²) in [4.78, 5) is 13.7. The Bertz CT molecular complexity index is 952. The summed E-state index contributed by atoms with van der Waals surface area (Å²) in [6.07, 6.45) is 10.5. The maximum absolute atomic E-state index is 13.7. The number of hydrogen-bond acceptors (Lipinski definition) is 4. The van der Waals surface area contributed by atoms with E-state index in [-0.39, 0.29) is 33.4 Å². The lowest BCUT2D eigenvalue weighted by Crippen LogP contribution is -2.66. The normalized spacial score (nSPS) is 49.5. The molecule has 10 unspecified atom stereocenters. The molecule has 10 atom stereocenters. The van der Waals surface area contributed by atoms with E-state index in [9.17, 15) is 15.0 Å². The number of ketones is 1. The number of aliphatic hydroxyl groups excluding tert-OH is 2. The molecule has 0 spiro atoms. The lowest BCUT2D eigenvalue weighted by atomic mass is 9.32. The van der Waals surface area contributed by atoms with Crippen LogP contribution < -0.4 is 0 Å². The monoisotopic (exact) mass is 514 g/mol. The molecule has 210 valence electrons. The van der Waals surface area contributed by atoms with Crippen molar-refractivity contribution in [3.8, 4) is 0 Å². The number of rotatable bonds is 5. The minimum Gasteiger partial charge on any atom is -0.396 e. The van der Waals surface area contributed by atoms with E-state index in [0.29, 0.717) is 48.4 Å². The van der Waals surface area contributed by atoms with E-state index in [1.165, 1.54) is 38.5 Å². The van der Waals surface area contributed by atoms with Gasteiger partial charge in [0, 0.05) is 24.2 Å².